The molecule has 2 aromatic carbocycles. The maximum Gasteiger partial charge on any atom is 0.248 e. The van der Waals surface area contributed by atoms with Gasteiger partial charge in [-0.3, -0.25) is 0 Å². The van der Waals surface area contributed by atoms with Crippen LogP contribution in [0.25, 0.3) is 0 Å². The van der Waals surface area contributed by atoms with E-state index in [9.17, 15) is 0 Å². The van der Waals surface area contributed by atoms with Crippen molar-refractivity contribution in [3.05, 3.63) is 71.9 Å². The van der Waals surface area contributed by atoms with E-state index in [0.717, 1.165) is 12.2 Å². The quantitative estimate of drug-likeness (QED) is 0.737. The summed E-state index contributed by atoms with van der Waals surface area (Å²) in [6, 6.07) is 18.8. The molecule has 0 saturated heterocycles. The molecule has 0 aliphatic heterocycles. The lowest BCUT2D eigenvalue weighted by Gasteiger charge is -2.20. The van der Waals surface area contributed by atoms with Crippen LogP contribution < -0.4 is 10.2 Å². The lowest BCUT2D eigenvalue weighted by atomic mass is 10.2. The van der Waals surface area contributed by atoms with Gasteiger partial charge >= 0.3 is 0 Å². The molecule has 0 aliphatic rings. The Bertz CT molecular complexity index is 768. The molecule has 0 bridgehead atoms. The largest absolute Gasteiger partial charge is 0.374 e. The minimum absolute atomic E-state index is 0.0286. The molecule has 0 spiro atoms. The molecule has 0 fully saturated rings. The standard InChI is InChI=1S/C19H22N4O/c1-14(19-21-15(2)22-24-19)20-17-9-11-18(12-10-17)23(3)13-16-7-5-4-6-8-16/h4-12,14,20H,13H2,1-3H3/t14-/m1/s1. The Morgan fingerprint density at radius 3 is 2.42 bits per heavy atom. The molecule has 3 aromatic rings. The molecule has 0 aliphatic carbocycles. The maximum atomic E-state index is 5.19. The second kappa shape index (κ2) is 7.17. The number of nitrogens with one attached hydrogen (secondary N) is 1. The van der Waals surface area contributed by atoms with E-state index in [4.69, 9.17) is 4.52 Å². The Morgan fingerprint density at radius 2 is 1.79 bits per heavy atom. The Morgan fingerprint density at radius 1 is 1.08 bits per heavy atom. The van der Waals surface area contributed by atoms with Crippen molar-refractivity contribution in [3.63, 3.8) is 0 Å². The number of nitrogens with zero attached hydrogens (tertiary/aromatic N) is 3. The van der Waals surface area contributed by atoms with Gasteiger partial charge in [-0.25, -0.2) is 0 Å². The van der Waals surface area contributed by atoms with Gasteiger partial charge in [-0.1, -0.05) is 35.5 Å². The van der Waals surface area contributed by atoms with Gasteiger partial charge in [0.05, 0.1) is 0 Å². The smallest absolute Gasteiger partial charge is 0.248 e. The molecule has 0 radical (unpaired) electrons. The molecular formula is C19H22N4O. The van der Waals surface area contributed by atoms with Crippen molar-refractivity contribution < 1.29 is 4.52 Å². The van der Waals surface area contributed by atoms with Crippen LogP contribution in [0.5, 0.6) is 0 Å². The SMILES string of the molecule is Cc1noc([C@@H](C)Nc2ccc(N(C)Cc3ccccc3)cc2)n1. The van der Waals surface area contributed by atoms with Gasteiger partial charge in [-0.05, 0) is 43.7 Å². The molecule has 1 N–H and O–H groups in total. The molecule has 0 unspecified atom stereocenters. The van der Waals surface area contributed by atoms with Crippen LogP contribution in [-0.2, 0) is 6.54 Å². The van der Waals surface area contributed by atoms with Crippen molar-refractivity contribution in [2.75, 3.05) is 17.3 Å². The van der Waals surface area contributed by atoms with Crippen LogP contribution in [-0.4, -0.2) is 17.2 Å². The van der Waals surface area contributed by atoms with Gasteiger partial charge < -0.3 is 14.7 Å². The summed E-state index contributed by atoms with van der Waals surface area (Å²) in [6.07, 6.45) is 0. The summed E-state index contributed by atoms with van der Waals surface area (Å²) in [5.74, 6) is 1.24. The minimum atomic E-state index is -0.0286. The molecule has 1 aromatic heterocycles. The molecular weight excluding hydrogens is 300 g/mol. The van der Waals surface area contributed by atoms with Crippen LogP contribution in [0.4, 0.5) is 11.4 Å². The lowest BCUT2D eigenvalue weighted by molar-refractivity contribution is 0.364. The third kappa shape index (κ3) is 3.93. The van der Waals surface area contributed by atoms with E-state index in [2.05, 4.69) is 75.9 Å². The molecule has 3 rings (SSSR count). The average Bonchev–Trinajstić information content (AvgIpc) is 3.03. The van der Waals surface area contributed by atoms with Crippen LogP contribution in [0, 0.1) is 6.92 Å². The lowest BCUT2D eigenvalue weighted by Crippen LogP contribution is -2.16. The number of aromatic nitrogens is 2. The maximum absolute atomic E-state index is 5.19. The number of anilines is 2. The van der Waals surface area contributed by atoms with Crippen molar-refractivity contribution in [3.8, 4) is 0 Å². The van der Waals surface area contributed by atoms with Gasteiger partial charge in [-0.15, -0.1) is 0 Å². The number of aryl methyl sites for hydroxylation is 1. The van der Waals surface area contributed by atoms with Gasteiger partial charge in [-0.2, -0.15) is 4.98 Å². The highest BCUT2D eigenvalue weighted by Crippen LogP contribution is 2.22. The van der Waals surface area contributed by atoms with Gasteiger partial charge in [0.2, 0.25) is 5.89 Å². The summed E-state index contributed by atoms with van der Waals surface area (Å²) < 4.78 is 5.19. The Balaban J connectivity index is 1.62. The first-order valence-electron chi connectivity index (χ1n) is 8.03. The van der Waals surface area contributed by atoms with E-state index in [0.29, 0.717) is 11.7 Å². The molecule has 0 amide bonds. The number of hydrogen-bond donors (Lipinski definition) is 1. The molecule has 5 heteroatoms. The third-order valence-corrected chi connectivity index (χ3v) is 3.87. The van der Waals surface area contributed by atoms with Crippen molar-refractivity contribution in [1.82, 2.24) is 10.1 Å². The molecule has 24 heavy (non-hydrogen) atoms. The van der Waals surface area contributed by atoms with Crippen molar-refractivity contribution in [2.24, 2.45) is 0 Å². The summed E-state index contributed by atoms with van der Waals surface area (Å²) >= 11 is 0. The van der Waals surface area contributed by atoms with Gasteiger partial charge in [0.15, 0.2) is 5.82 Å². The Labute approximate surface area is 142 Å². The molecule has 1 heterocycles. The first-order chi connectivity index (χ1) is 11.6. The first-order valence-corrected chi connectivity index (χ1v) is 8.03. The second-order valence-electron chi connectivity index (χ2n) is 5.93. The highest BCUT2D eigenvalue weighted by atomic mass is 16.5. The van der Waals surface area contributed by atoms with Crippen LogP contribution >= 0.6 is 0 Å². The zero-order chi connectivity index (χ0) is 16.9. The van der Waals surface area contributed by atoms with Gasteiger partial charge in [0, 0.05) is 25.0 Å². The van der Waals surface area contributed by atoms with Crippen LogP contribution in [0.3, 0.4) is 0 Å². The Kier molecular flexibility index (Phi) is 4.79. The molecule has 0 saturated carbocycles. The third-order valence-electron chi connectivity index (χ3n) is 3.87. The predicted molar refractivity (Wildman–Crippen MR) is 96.1 cm³/mol. The van der Waals surface area contributed by atoms with E-state index in [-0.39, 0.29) is 6.04 Å². The van der Waals surface area contributed by atoms with Crippen LogP contribution in [0.2, 0.25) is 0 Å². The van der Waals surface area contributed by atoms with Gasteiger partial charge in [0.25, 0.3) is 0 Å². The summed E-state index contributed by atoms with van der Waals surface area (Å²) in [5, 5.41) is 7.20. The topological polar surface area (TPSA) is 54.2 Å². The summed E-state index contributed by atoms with van der Waals surface area (Å²) in [5.41, 5.74) is 3.49. The van der Waals surface area contributed by atoms with E-state index in [1.165, 1.54) is 11.3 Å². The predicted octanol–water partition coefficient (Wildman–Crippen LogP) is 4.19. The molecule has 1 atom stereocenters. The van der Waals surface area contributed by atoms with E-state index < -0.39 is 0 Å². The first kappa shape index (κ1) is 16.1. The summed E-state index contributed by atoms with van der Waals surface area (Å²) in [7, 11) is 2.10. The molecule has 5 nitrogen and oxygen atoms in total. The number of rotatable bonds is 6. The number of benzene rings is 2. The fourth-order valence-corrected chi connectivity index (χ4v) is 2.56. The zero-order valence-corrected chi connectivity index (χ0v) is 14.2. The van der Waals surface area contributed by atoms with Crippen molar-refractivity contribution >= 4 is 11.4 Å². The summed E-state index contributed by atoms with van der Waals surface area (Å²) in [4.78, 5) is 6.48. The van der Waals surface area contributed by atoms with Gasteiger partial charge in [0.1, 0.15) is 6.04 Å². The van der Waals surface area contributed by atoms with Crippen molar-refractivity contribution in [1.29, 1.82) is 0 Å². The van der Waals surface area contributed by atoms with Crippen molar-refractivity contribution in [2.45, 2.75) is 26.4 Å². The monoisotopic (exact) mass is 322 g/mol. The Hall–Kier alpha value is -2.82. The highest BCUT2D eigenvalue weighted by Gasteiger charge is 2.12. The van der Waals surface area contributed by atoms with E-state index in [1.807, 2.05) is 19.9 Å². The average molecular weight is 322 g/mol. The fraction of sp³-hybridized carbons (Fsp3) is 0.263. The molecule has 124 valence electrons. The van der Waals surface area contributed by atoms with Crippen LogP contribution in [0.1, 0.15) is 30.2 Å². The van der Waals surface area contributed by atoms with E-state index >= 15 is 0 Å². The zero-order valence-electron chi connectivity index (χ0n) is 14.2. The summed E-state index contributed by atoms with van der Waals surface area (Å²) in [6.45, 7) is 4.70. The second-order valence-corrected chi connectivity index (χ2v) is 5.93. The van der Waals surface area contributed by atoms with E-state index in [1.54, 1.807) is 0 Å². The normalized spacial score (nSPS) is 12.0. The van der Waals surface area contributed by atoms with Crippen LogP contribution in [0.15, 0.2) is 59.1 Å². The highest BCUT2D eigenvalue weighted by molar-refractivity contribution is 5.55. The fourth-order valence-electron chi connectivity index (χ4n) is 2.56. The number of hydrogen-bond acceptors (Lipinski definition) is 5. The minimum Gasteiger partial charge on any atom is -0.374 e.